The quantitative estimate of drug-likeness (QED) is 0.627. The highest BCUT2D eigenvalue weighted by Crippen LogP contribution is 2.30. The summed E-state index contributed by atoms with van der Waals surface area (Å²) in [6, 6.07) is 5.83. The molecule has 0 spiro atoms. The van der Waals surface area contributed by atoms with Crippen LogP contribution in [0.15, 0.2) is 18.2 Å². The van der Waals surface area contributed by atoms with Gasteiger partial charge >= 0.3 is 0 Å². The minimum atomic E-state index is 0.146. The maximum atomic E-state index is 11.5. The van der Waals surface area contributed by atoms with Crippen LogP contribution in [0.25, 0.3) is 0 Å². The second-order valence-corrected chi connectivity index (χ2v) is 4.60. The van der Waals surface area contributed by atoms with E-state index < -0.39 is 0 Å². The van der Waals surface area contributed by atoms with Crippen molar-refractivity contribution in [3.05, 3.63) is 23.8 Å². The summed E-state index contributed by atoms with van der Waals surface area (Å²) in [6.07, 6.45) is 1.47. The number of amides is 1. The molecule has 16 heavy (non-hydrogen) atoms. The molecule has 0 fully saturated rings. The third-order valence-corrected chi connectivity index (χ3v) is 3.24. The second-order valence-electron chi connectivity index (χ2n) is 3.81. The van der Waals surface area contributed by atoms with Crippen LogP contribution in [0, 0.1) is 0 Å². The molecule has 0 aromatic heterocycles. The predicted octanol–water partition coefficient (Wildman–Crippen LogP) is 2.37. The topological polar surface area (TPSA) is 29.5 Å². The monoisotopic (exact) mass is 283 g/mol. The highest BCUT2D eigenvalue weighted by molar-refractivity contribution is 9.09. The summed E-state index contributed by atoms with van der Waals surface area (Å²) in [5.41, 5.74) is 2.06. The number of carbonyl (C=O) groups excluding carboxylic acids is 1. The Morgan fingerprint density at radius 2 is 2.31 bits per heavy atom. The van der Waals surface area contributed by atoms with Gasteiger partial charge in [0.05, 0.1) is 13.0 Å². The third kappa shape index (κ3) is 2.21. The molecule has 0 radical (unpaired) electrons. The van der Waals surface area contributed by atoms with E-state index in [9.17, 15) is 4.79 Å². The number of alkyl halides is 1. The molecule has 1 aromatic rings. The Labute approximate surface area is 104 Å². The van der Waals surface area contributed by atoms with Gasteiger partial charge in [-0.2, -0.15) is 0 Å². The van der Waals surface area contributed by atoms with Crippen molar-refractivity contribution in [2.24, 2.45) is 0 Å². The van der Waals surface area contributed by atoms with Gasteiger partial charge < -0.3 is 9.64 Å². The van der Waals surface area contributed by atoms with Gasteiger partial charge in [-0.15, -0.1) is 0 Å². The van der Waals surface area contributed by atoms with Gasteiger partial charge in [0.2, 0.25) is 5.91 Å². The molecule has 86 valence electrons. The Bertz CT molecular complexity index is 406. The summed E-state index contributed by atoms with van der Waals surface area (Å²) in [7, 11) is 1.81. The van der Waals surface area contributed by atoms with Crippen molar-refractivity contribution in [1.82, 2.24) is 0 Å². The van der Waals surface area contributed by atoms with Crippen LogP contribution in [0.3, 0.4) is 0 Å². The van der Waals surface area contributed by atoms with E-state index in [0.29, 0.717) is 13.0 Å². The standard InChI is InChI=1S/C12H14BrNO2/c1-14-11-4-3-10(16-6-2-5-13)7-9(11)8-12(14)15/h3-4,7H,2,5-6,8H2,1H3. The maximum absolute atomic E-state index is 11.5. The number of halogens is 1. The number of anilines is 1. The Kier molecular flexibility index (Phi) is 3.49. The largest absolute Gasteiger partial charge is 0.494 e. The average Bonchev–Trinajstić information content (AvgIpc) is 2.55. The lowest BCUT2D eigenvalue weighted by Crippen LogP contribution is -2.20. The fraction of sp³-hybridized carbons (Fsp3) is 0.417. The molecule has 1 aliphatic heterocycles. The molecule has 0 aliphatic carbocycles. The first-order valence-corrected chi connectivity index (χ1v) is 6.43. The molecule has 0 saturated heterocycles. The summed E-state index contributed by atoms with van der Waals surface area (Å²) in [4.78, 5) is 13.2. The van der Waals surface area contributed by atoms with Crippen molar-refractivity contribution in [1.29, 1.82) is 0 Å². The van der Waals surface area contributed by atoms with Crippen LogP contribution in [0.1, 0.15) is 12.0 Å². The fourth-order valence-corrected chi connectivity index (χ4v) is 2.01. The number of carbonyl (C=O) groups is 1. The van der Waals surface area contributed by atoms with Crippen LogP contribution in [0.4, 0.5) is 5.69 Å². The van der Waals surface area contributed by atoms with E-state index in [-0.39, 0.29) is 5.91 Å². The van der Waals surface area contributed by atoms with Crippen molar-refractivity contribution in [3.8, 4) is 5.75 Å². The van der Waals surface area contributed by atoms with Gasteiger partial charge in [-0.25, -0.2) is 0 Å². The highest BCUT2D eigenvalue weighted by atomic mass is 79.9. The van der Waals surface area contributed by atoms with Crippen LogP contribution >= 0.6 is 15.9 Å². The number of hydrogen-bond donors (Lipinski definition) is 0. The molecule has 4 heteroatoms. The molecule has 2 rings (SSSR count). The molecule has 0 saturated carbocycles. The minimum absolute atomic E-state index is 0.146. The van der Waals surface area contributed by atoms with Crippen LogP contribution in [-0.4, -0.2) is 24.9 Å². The summed E-state index contributed by atoms with van der Waals surface area (Å²) >= 11 is 3.36. The van der Waals surface area contributed by atoms with Crippen molar-refractivity contribution in [2.75, 3.05) is 23.9 Å². The van der Waals surface area contributed by atoms with E-state index in [0.717, 1.165) is 28.8 Å². The number of nitrogens with zero attached hydrogens (tertiary/aromatic N) is 1. The lowest BCUT2D eigenvalue weighted by molar-refractivity contribution is -0.117. The first kappa shape index (κ1) is 11.5. The van der Waals surface area contributed by atoms with Gasteiger partial charge in [-0.1, -0.05) is 15.9 Å². The van der Waals surface area contributed by atoms with Gasteiger partial charge in [-0.05, 0) is 30.2 Å². The van der Waals surface area contributed by atoms with Crippen molar-refractivity contribution in [2.45, 2.75) is 12.8 Å². The van der Waals surface area contributed by atoms with Crippen LogP contribution in [0.5, 0.6) is 5.75 Å². The number of hydrogen-bond acceptors (Lipinski definition) is 2. The Balaban J connectivity index is 2.09. The van der Waals surface area contributed by atoms with Crippen molar-refractivity contribution in [3.63, 3.8) is 0 Å². The normalized spacial score (nSPS) is 14.1. The van der Waals surface area contributed by atoms with Crippen LogP contribution < -0.4 is 9.64 Å². The molecular weight excluding hydrogens is 270 g/mol. The molecule has 1 amide bonds. The van der Waals surface area contributed by atoms with E-state index in [4.69, 9.17) is 4.74 Å². The Morgan fingerprint density at radius 3 is 3.06 bits per heavy atom. The van der Waals surface area contributed by atoms with Crippen molar-refractivity contribution >= 4 is 27.5 Å². The van der Waals surface area contributed by atoms with Gasteiger partial charge in [0, 0.05) is 18.1 Å². The predicted molar refractivity (Wildman–Crippen MR) is 67.5 cm³/mol. The zero-order chi connectivity index (χ0) is 11.5. The number of likely N-dealkylation sites (N-methyl/N-ethyl adjacent to an activating group) is 1. The minimum Gasteiger partial charge on any atom is -0.494 e. The van der Waals surface area contributed by atoms with E-state index in [2.05, 4.69) is 15.9 Å². The lowest BCUT2D eigenvalue weighted by atomic mass is 10.1. The summed E-state index contributed by atoms with van der Waals surface area (Å²) < 4.78 is 5.58. The van der Waals surface area contributed by atoms with Crippen LogP contribution in [-0.2, 0) is 11.2 Å². The molecule has 0 bridgehead atoms. The number of benzene rings is 1. The summed E-state index contributed by atoms with van der Waals surface area (Å²) in [5.74, 6) is 0.996. The smallest absolute Gasteiger partial charge is 0.231 e. The van der Waals surface area contributed by atoms with Gasteiger partial charge in [0.25, 0.3) is 0 Å². The molecule has 1 aliphatic rings. The molecule has 1 heterocycles. The van der Waals surface area contributed by atoms with Crippen LogP contribution in [0.2, 0.25) is 0 Å². The maximum Gasteiger partial charge on any atom is 0.231 e. The summed E-state index contributed by atoms with van der Waals surface area (Å²) in [5, 5.41) is 0.944. The lowest BCUT2D eigenvalue weighted by Gasteiger charge is -2.11. The Hall–Kier alpha value is -1.03. The molecule has 0 N–H and O–H groups in total. The first-order chi connectivity index (χ1) is 7.72. The number of rotatable bonds is 4. The molecule has 0 unspecified atom stereocenters. The zero-order valence-corrected chi connectivity index (χ0v) is 10.8. The van der Waals surface area contributed by atoms with Gasteiger partial charge in [-0.3, -0.25) is 4.79 Å². The van der Waals surface area contributed by atoms with E-state index in [1.54, 1.807) is 11.9 Å². The number of ether oxygens (including phenoxy) is 1. The van der Waals surface area contributed by atoms with E-state index in [1.807, 2.05) is 18.2 Å². The van der Waals surface area contributed by atoms with E-state index >= 15 is 0 Å². The SMILES string of the molecule is CN1C(=O)Cc2cc(OCCCBr)ccc21. The van der Waals surface area contributed by atoms with Crippen molar-refractivity contribution < 1.29 is 9.53 Å². The third-order valence-electron chi connectivity index (χ3n) is 2.67. The molecule has 1 aromatic carbocycles. The molecule has 3 nitrogen and oxygen atoms in total. The van der Waals surface area contributed by atoms with Gasteiger partial charge in [0.1, 0.15) is 5.75 Å². The molecule has 0 atom stereocenters. The average molecular weight is 284 g/mol. The zero-order valence-electron chi connectivity index (χ0n) is 9.20. The Morgan fingerprint density at radius 1 is 1.50 bits per heavy atom. The highest BCUT2D eigenvalue weighted by Gasteiger charge is 2.23. The second kappa shape index (κ2) is 4.87. The first-order valence-electron chi connectivity index (χ1n) is 5.30. The fourth-order valence-electron chi connectivity index (χ4n) is 1.78. The summed E-state index contributed by atoms with van der Waals surface area (Å²) in [6.45, 7) is 0.702. The molecular formula is C12H14BrNO2. The van der Waals surface area contributed by atoms with Gasteiger partial charge in [0.15, 0.2) is 0 Å². The number of fused-ring (bicyclic) bond motifs is 1. The van der Waals surface area contributed by atoms with E-state index in [1.165, 1.54) is 0 Å².